The van der Waals surface area contributed by atoms with Crippen molar-refractivity contribution in [3.05, 3.63) is 29.8 Å². The molecule has 5 nitrogen and oxygen atoms in total. The van der Waals surface area contributed by atoms with Gasteiger partial charge in [-0.25, -0.2) is 8.42 Å². The van der Waals surface area contributed by atoms with Crippen LogP contribution in [0.3, 0.4) is 0 Å². The van der Waals surface area contributed by atoms with Gasteiger partial charge in [-0.05, 0) is 36.2 Å². The Kier molecular flexibility index (Phi) is 6.86. The van der Waals surface area contributed by atoms with Gasteiger partial charge < -0.3 is 10.6 Å². The predicted octanol–water partition coefficient (Wildman–Crippen LogP) is 1.57. The van der Waals surface area contributed by atoms with Gasteiger partial charge in [0.05, 0.1) is 4.90 Å². The number of nitrogens with two attached hydrogens (primary N) is 1. The molecule has 0 saturated heterocycles. The lowest BCUT2D eigenvalue weighted by Crippen LogP contribution is -2.39. The molecule has 0 aliphatic carbocycles. The number of carbonyl (C=O) groups excluding carboxylic acids is 1. The van der Waals surface area contributed by atoms with Crippen LogP contribution in [-0.2, 0) is 9.84 Å². The Labute approximate surface area is 132 Å². The van der Waals surface area contributed by atoms with Crippen molar-refractivity contribution in [2.45, 2.75) is 18.7 Å². The van der Waals surface area contributed by atoms with Crippen molar-refractivity contribution >= 4 is 28.2 Å². The Balaban J connectivity index is 0.00000400. The fourth-order valence-corrected chi connectivity index (χ4v) is 2.47. The molecule has 0 spiro atoms. The highest BCUT2D eigenvalue weighted by atomic mass is 35.5. The first-order valence-electron chi connectivity index (χ1n) is 6.32. The summed E-state index contributed by atoms with van der Waals surface area (Å²) >= 11 is 0. The van der Waals surface area contributed by atoms with E-state index >= 15 is 0 Å². The van der Waals surface area contributed by atoms with Gasteiger partial charge in [-0.2, -0.15) is 0 Å². The number of rotatable bonds is 5. The predicted molar refractivity (Wildman–Crippen MR) is 86.6 cm³/mol. The summed E-state index contributed by atoms with van der Waals surface area (Å²) in [6, 6.07) is 5.96. The van der Waals surface area contributed by atoms with Crippen molar-refractivity contribution in [3.63, 3.8) is 0 Å². The molecule has 0 fully saturated rings. The number of hydrogen-bond donors (Lipinski definition) is 1. The van der Waals surface area contributed by atoms with Crippen LogP contribution >= 0.6 is 12.4 Å². The topological polar surface area (TPSA) is 80.5 Å². The molecule has 0 saturated carbocycles. The van der Waals surface area contributed by atoms with E-state index in [2.05, 4.69) is 0 Å². The van der Waals surface area contributed by atoms with Gasteiger partial charge >= 0.3 is 0 Å². The maximum atomic E-state index is 12.2. The van der Waals surface area contributed by atoms with E-state index in [0.29, 0.717) is 18.7 Å². The minimum absolute atomic E-state index is 0. The highest BCUT2D eigenvalue weighted by Crippen LogP contribution is 2.17. The third kappa shape index (κ3) is 5.65. The van der Waals surface area contributed by atoms with Gasteiger partial charge in [0, 0.05) is 25.4 Å². The van der Waals surface area contributed by atoms with E-state index in [4.69, 9.17) is 5.73 Å². The monoisotopic (exact) mass is 334 g/mol. The molecule has 1 amide bonds. The second kappa shape index (κ2) is 7.24. The molecule has 0 heterocycles. The SMILES string of the molecule is CN(CC(C)(C)CN)C(=O)c1ccc(S(C)(=O)=O)cc1.Cl. The van der Waals surface area contributed by atoms with E-state index in [9.17, 15) is 13.2 Å². The van der Waals surface area contributed by atoms with Crippen molar-refractivity contribution in [3.8, 4) is 0 Å². The third-order valence-corrected chi connectivity index (χ3v) is 4.22. The Morgan fingerprint density at radius 2 is 1.71 bits per heavy atom. The molecule has 0 atom stereocenters. The minimum Gasteiger partial charge on any atom is -0.341 e. The zero-order chi connectivity index (χ0) is 15.6. The van der Waals surface area contributed by atoms with E-state index in [1.807, 2.05) is 13.8 Å². The number of carbonyl (C=O) groups is 1. The van der Waals surface area contributed by atoms with Gasteiger partial charge in [0.1, 0.15) is 0 Å². The fraction of sp³-hybridized carbons (Fsp3) is 0.500. The van der Waals surface area contributed by atoms with Crippen LogP contribution < -0.4 is 5.73 Å². The van der Waals surface area contributed by atoms with Gasteiger partial charge in [0.15, 0.2) is 9.84 Å². The molecule has 1 aromatic carbocycles. The fourth-order valence-electron chi connectivity index (χ4n) is 1.84. The van der Waals surface area contributed by atoms with Gasteiger partial charge in [-0.1, -0.05) is 13.8 Å². The molecule has 0 bridgehead atoms. The van der Waals surface area contributed by atoms with Crippen LogP contribution in [0.15, 0.2) is 29.2 Å². The molecule has 0 aliphatic heterocycles. The summed E-state index contributed by atoms with van der Waals surface area (Å²) in [5, 5.41) is 0. The summed E-state index contributed by atoms with van der Waals surface area (Å²) in [5.41, 5.74) is 5.97. The lowest BCUT2D eigenvalue weighted by Gasteiger charge is -2.29. The average Bonchev–Trinajstić information content (AvgIpc) is 2.36. The first kappa shape index (κ1) is 19.9. The number of halogens is 1. The van der Waals surface area contributed by atoms with Gasteiger partial charge in [-0.15, -0.1) is 12.4 Å². The lowest BCUT2D eigenvalue weighted by atomic mass is 9.93. The second-order valence-electron chi connectivity index (χ2n) is 5.83. The van der Waals surface area contributed by atoms with E-state index in [1.165, 1.54) is 24.3 Å². The van der Waals surface area contributed by atoms with Crippen LogP contribution in [0.25, 0.3) is 0 Å². The highest BCUT2D eigenvalue weighted by Gasteiger charge is 2.22. The van der Waals surface area contributed by atoms with Gasteiger partial charge in [0.2, 0.25) is 0 Å². The standard InChI is InChI=1S/C14H22N2O3S.ClH/c1-14(2,9-15)10-16(3)13(17)11-5-7-12(8-6-11)20(4,18)19;/h5-8H,9-10,15H2,1-4H3;1H. The molecular weight excluding hydrogens is 312 g/mol. The Bertz CT molecular complexity index is 583. The number of nitrogens with zero attached hydrogens (tertiary/aromatic N) is 1. The first-order chi connectivity index (χ1) is 9.07. The number of amides is 1. The third-order valence-electron chi connectivity index (χ3n) is 3.09. The zero-order valence-corrected chi connectivity index (χ0v) is 14.4. The molecular formula is C14H23ClN2O3S. The average molecular weight is 335 g/mol. The summed E-state index contributed by atoms with van der Waals surface area (Å²) in [6.45, 7) is 5.00. The Morgan fingerprint density at radius 3 is 2.10 bits per heavy atom. The molecule has 7 heteroatoms. The molecule has 0 aromatic heterocycles. The van der Waals surface area contributed by atoms with Crippen molar-refractivity contribution in [1.29, 1.82) is 0 Å². The van der Waals surface area contributed by atoms with Crippen molar-refractivity contribution in [2.24, 2.45) is 11.1 Å². The molecule has 0 unspecified atom stereocenters. The van der Waals surface area contributed by atoms with Gasteiger partial charge in [-0.3, -0.25) is 4.79 Å². The van der Waals surface area contributed by atoms with E-state index < -0.39 is 9.84 Å². The molecule has 0 aliphatic rings. The van der Waals surface area contributed by atoms with Crippen LogP contribution in [0.1, 0.15) is 24.2 Å². The van der Waals surface area contributed by atoms with Crippen LogP contribution in [0.5, 0.6) is 0 Å². The molecule has 120 valence electrons. The lowest BCUT2D eigenvalue weighted by molar-refractivity contribution is 0.0740. The van der Waals surface area contributed by atoms with Gasteiger partial charge in [0.25, 0.3) is 5.91 Å². The van der Waals surface area contributed by atoms with Crippen LogP contribution in [0.4, 0.5) is 0 Å². The zero-order valence-electron chi connectivity index (χ0n) is 12.8. The Hall–Kier alpha value is -1.11. The van der Waals surface area contributed by atoms with E-state index in [-0.39, 0.29) is 28.6 Å². The summed E-state index contributed by atoms with van der Waals surface area (Å²) in [5.74, 6) is -0.147. The molecule has 2 N–H and O–H groups in total. The van der Waals surface area contributed by atoms with Crippen LogP contribution in [0.2, 0.25) is 0 Å². The summed E-state index contributed by atoms with van der Waals surface area (Å²) in [4.78, 5) is 14.0. The maximum Gasteiger partial charge on any atom is 0.253 e. The molecule has 0 radical (unpaired) electrons. The van der Waals surface area contributed by atoms with Crippen molar-refractivity contribution in [2.75, 3.05) is 26.4 Å². The first-order valence-corrected chi connectivity index (χ1v) is 8.22. The number of hydrogen-bond acceptors (Lipinski definition) is 4. The minimum atomic E-state index is -3.24. The summed E-state index contributed by atoms with van der Waals surface area (Å²) in [6.07, 6.45) is 1.14. The number of sulfone groups is 1. The van der Waals surface area contributed by atoms with Crippen LogP contribution in [-0.4, -0.2) is 45.6 Å². The molecule has 1 rings (SSSR count). The van der Waals surface area contributed by atoms with Crippen molar-refractivity contribution in [1.82, 2.24) is 4.90 Å². The largest absolute Gasteiger partial charge is 0.341 e. The van der Waals surface area contributed by atoms with Crippen molar-refractivity contribution < 1.29 is 13.2 Å². The van der Waals surface area contributed by atoms with E-state index in [0.717, 1.165) is 6.26 Å². The van der Waals surface area contributed by atoms with E-state index in [1.54, 1.807) is 11.9 Å². The number of benzene rings is 1. The normalized spacial score (nSPS) is 11.7. The van der Waals surface area contributed by atoms with Crippen LogP contribution in [0, 0.1) is 5.41 Å². The second-order valence-corrected chi connectivity index (χ2v) is 7.84. The maximum absolute atomic E-state index is 12.2. The molecule has 21 heavy (non-hydrogen) atoms. The molecule has 1 aromatic rings. The summed E-state index contributed by atoms with van der Waals surface area (Å²) in [7, 11) is -1.53. The Morgan fingerprint density at radius 1 is 1.24 bits per heavy atom. The smallest absolute Gasteiger partial charge is 0.253 e. The quantitative estimate of drug-likeness (QED) is 0.886. The highest BCUT2D eigenvalue weighted by molar-refractivity contribution is 7.90. The summed E-state index contributed by atoms with van der Waals surface area (Å²) < 4.78 is 22.7.